The van der Waals surface area contributed by atoms with Gasteiger partial charge in [0.1, 0.15) is 0 Å². The van der Waals surface area contributed by atoms with Gasteiger partial charge in [0.25, 0.3) is 5.91 Å². The molecule has 0 heterocycles. The van der Waals surface area contributed by atoms with Gasteiger partial charge in [-0.2, -0.15) is 0 Å². The number of rotatable bonds is 10. The molecule has 0 unspecified atom stereocenters. The lowest BCUT2D eigenvalue weighted by molar-refractivity contribution is 0.0945. The summed E-state index contributed by atoms with van der Waals surface area (Å²) in [5, 5.41) is 2.96. The largest absolute Gasteiger partial charge is 0.352 e. The van der Waals surface area contributed by atoms with E-state index < -0.39 is 10.0 Å². The molecule has 1 rings (SSSR count). The number of carbonyl (C=O) groups is 1. The van der Waals surface area contributed by atoms with Gasteiger partial charge in [0, 0.05) is 18.7 Å². The number of unbranched alkanes of at least 4 members (excludes halogenated alkanes) is 1. The van der Waals surface area contributed by atoms with Crippen molar-refractivity contribution < 1.29 is 13.2 Å². The van der Waals surface area contributed by atoms with E-state index in [0.29, 0.717) is 24.6 Å². The normalized spacial score (nSPS) is 12.8. The summed E-state index contributed by atoms with van der Waals surface area (Å²) >= 11 is 0. The van der Waals surface area contributed by atoms with E-state index in [1.807, 2.05) is 6.92 Å². The zero-order chi connectivity index (χ0) is 18.2. The summed E-state index contributed by atoms with van der Waals surface area (Å²) in [7, 11) is -3.56. The summed E-state index contributed by atoms with van der Waals surface area (Å²) in [4.78, 5) is 12.6. The van der Waals surface area contributed by atoms with E-state index in [-0.39, 0.29) is 10.8 Å². The van der Waals surface area contributed by atoms with E-state index in [4.69, 9.17) is 0 Å². The Hall–Kier alpha value is -1.40. The highest BCUT2D eigenvalue weighted by Gasteiger charge is 2.17. The molecule has 0 aromatic heterocycles. The van der Waals surface area contributed by atoms with Crippen molar-refractivity contribution in [2.75, 3.05) is 13.1 Å². The Morgan fingerprint density at radius 3 is 2.50 bits per heavy atom. The van der Waals surface area contributed by atoms with E-state index >= 15 is 0 Å². The molecule has 0 saturated carbocycles. The number of hydrogen-bond acceptors (Lipinski definition) is 3. The van der Waals surface area contributed by atoms with Gasteiger partial charge < -0.3 is 5.32 Å². The molecule has 136 valence electrons. The number of aryl methyl sites for hydroxylation is 1. The van der Waals surface area contributed by atoms with Gasteiger partial charge in [-0.3, -0.25) is 4.79 Å². The predicted molar refractivity (Wildman–Crippen MR) is 97.7 cm³/mol. The first-order chi connectivity index (χ1) is 11.4. The Morgan fingerprint density at radius 1 is 1.21 bits per heavy atom. The summed E-state index contributed by atoms with van der Waals surface area (Å²) in [6, 6.07) is 4.66. The third-order valence-electron chi connectivity index (χ3n) is 4.19. The molecule has 0 fully saturated rings. The number of sulfonamides is 1. The molecule has 0 saturated heterocycles. The Bertz CT molecular complexity index is 642. The second kappa shape index (κ2) is 9.79. The number of benzene rings is 1. The third-order valence-corrected chi connectivity index (χ3v) is 5.74. The smallest absolute Gasteiger partial charge is 0.251 e. The molecule has 1 amide bonds. The standard InChI is InChI=1S/C18H30N2O3S/c1-5-8-9-15(6-2)13-19-18(21)17-12-16(11-10-14(17)4)24(22,23)20-7-3/h10-12,15,20H,5-9,13H2,1-4H3,(H,19,21)/t15-/m0/s1. The predicted octanol–water partition coefficient (Wildman–Crippen LogP) is 3.24. The van der Waals surface area contributed by atoms with Gasteiger partial charge in [-0.05, 0) is 37.0 Å². The van der Waals surface area contributed by atoms with Crippen molar-refractivity contribution in [1.82, 2.24) is 10.0 Å². The molecule has 1 atom stereocenters. The van der Waals surface area contributed by atoms with Crippen molar-refractivity contribution in [1.29, 1.82) is 0 Å². The van der Waals surface area contributed by atoms with E-state index in [2.05, 4.69) is 23.9 Å². The molecule has 0 bridgehead atoms. The van der Waals surface area contributed by atoms with Crippen LogP contribution in [-0.2, 0) is 10.0 Å². The zero-order valence-electron chi connectivity index (χ0n) is 15.2. The van der Waals surface area contributed by atoms with E-state index in [1.54, 1.807) is 13.0 Å². The molecule has 2 N–H and O–H groups in total. The lowest BCUT2D eigenvalue weighted by atomic mass is 9.99. The number of nitrogens with one attached hydrogen (secondary N) is 2. The molecule has 0 aliphatic carbocycles. The van der Waals surface area contributed by atoms with Crippen LogP contribution in [0.3, 0.4) is 0 Å². The molecule has 1 aromatic rings. The first kappa shape index (κ1) is 20.6. The maximum Gasteiger partial charge on any atom is 0.251 e. The molecule has 5 nitrogen and oxygen atoms in total. The fraction of sp³-hybridized carbons (Fsp3) is 0.611. The van der Waals surface area contributed by atoms with Gasteiger partial charge in [-0.25, -0.2) is 13.1 Å². The molecule has 0 radical (unpaired) electrons. The van der Waals surface area contributed by atoms with Crippen molar-refractivity contribution >= 4 is 15.9 Å². The lowest BCUT2D eigenvalue weighted by Crippen LogP contribution is -2.30. The van der Waals surface area contributed by atoms with E-state index in [9.17, 15) is 13.2 Å². The molecule has 24 heavy (non-hydrogen) atoms. The van der Waals surface area contributed by atoms with Crippen LogP contribution in [0.15, 0.2) is 23.1 Å². The highest BCUT2D eigenvalue weighted by Crippen LogP contribution is 2.16. The van der Waals surface area contributed by atoms with Gasteiger partial charge in [0.15, 0.2) is 0 Å². The van der Waals surface area contributed by atoms with Crippen LogP contribution in [0.4, 0.5) is 0 Å². The fourth-order valence-electron chi connectivity index (χ4n) is 2.56. The van der Waals surface area contributed by atoms with Crippen LogP contribution >= 0.6 is 0 Å². The second-order valence-electron chi connectivity index (χ2n) is 6.10. The molecule has 0 aliphatic heterocycles. The van der Waals surface area contributed by atoms with Crippen LogP contribution in [-0.4, -0.2) is 27.4 Å². The number of amides is 1. The highest BCUT2D eigenvalue weighted by atomic mass is 32.2. The molecule has 6 heteroatoms. The summed E-state index contributed by atoms with van der Waals surface area (Å²) in [5.74, 6) is 0.249. The Labute approximate surface area is 146 Å². The summed E-state index contributed by atoms with van der Waals surface area (Å²) in [5.41, 5.74) is 1.18. The minimum Gasteiger partial charge on any atom is -0.352 e. The summed E-state index contributed by atoms with van der Waals surface area (Å²) in [6.45, 7) is 8.76. The van der Waals surface area contributed by atoms with Crippen molar-refractivity contribution in [3.05, 3.63) is 29.3 Å². The van der Waals surface area contributed by atoms with Gasteiger partial charge >= 0.3 is 0 Å². The quantitative estimate of drug-likeness (QED) is 0.677. The summed E-state index contributed by atoms with van der Waals surface area (Å²) < 4.78 is 26.7. The highest BCUT2D eigenvalue weighted by molar-refractivity contribution is 7.89. The Kier molecular flexibility index (Phi) is 8.42. The minimum atomic E-state index is -3.56. The third kappa shape index (κ3) is 5.91. The van der Waals surface area contributed by atoms with Crippen molar-refractivity contribution in [3.8, 4) is 0 Å². The van der Waals surface area contributed by atoms with Crippen LogP contribution in [0.2, 0.25) is 0 Å². The monoisotopic (exact) mass is 354 g/mol. The van der Waals surface area contributed by atoms with E-state index in [1.165, 1.54) is 12.1 Å². The van der Waals surface area contributed by atoms with Gasteiger partial charge in [-0.15, -0.1) is 0 Å². The first-order valence-corrected chi connectivity index (χ1v) is 10.2. The Morgan fingerprint density at radius 2 is 1.92 bits per heavy atom. The number of hydrogen-bond donors (Lipinski definition) is 2. The SMILES string of the molecule is CCCC[C@H](CC)CNC(=O)c1cc(S(=O)(=O)NCC)ccc1C. The van der Waals surface area contributed by atoms with Crippen LogP contribution in [0.5, 0.6) is 0 Å². The van der Waals surface area contributed by atoms with Crippen molar-refractivity contribution in [3.63, 3.8) is 0 Å². The number of carbonyl (C=O) groups excluding carboxylic acids is 1. The van der Waals surface area contributed by atoms with Gasteiger partial charge in [0.2, 0.25) is 10.0 Å². The van der Waals surface area contributed by atoms with Crippen LogP contribution in [0, 0.1) is 12.8 Å². The molecular weight excluding hydrogens is 324 g/mol. The van der Waals surface area contributed by atoms with E-state index in [0.717, 1.165) is 31.2 Å². The maximum absolute atomic E-state index is 12.5. The van der Waals surface area contributed by atoms with Gasteiger partial charge in [0.05, 0.1) is 4.90 Å². The minimum absolute atomic E-state index is 0.123. The van der Waals surface area contributed by atoms with Crippen LogP contribution in [0.1, 0.15) is 62.4 Å². The fourth-order valence-corrected chi connectivity index (χ4v) is 3.63. The zero-order valence-corrected chi connectivity index (χ0v) is 16.0. The Balaban J connectivity index is 2.87. The molecule has 0 aliphatic rings. The lowest BCUT2D eigenvalue weighted by Gasteiger charge is -2.16. The average Bonchev–Trinajstić information content (AvgIpc) is 2.55. The molecule has 1 aromatic carbocycles. The average molecular weight is 355 g/mol. The second-order valence-corrected chi connectivity index (χ2v) is 7.87. The summed E-state index contributed by atoms with van der Waals surface area (Å²) in [6.07, 6.45) is 4.42. The maximum atomic E-state index is 12.5. The van der Waals surface area contributed by atoms with Crippen molar-refractivity contribution in [2.45, 2.75) is 58.3 Å². The molecular formula is C18H30N2O3S. The first-order valence-electron chi connectivity index (χ1n) is 8.74. The molecule has 0 spiro atoms. The van der Waals surface area contributed by atoms with Crippen LogP contribution < -0.4 is 10.0 Å². The van der Waals surface area contributed by atoms with Gasteiger partial charge in [-0.1, -0.05) is 46.1 Å². The van der Waals surface area contributed by atoms with Crippen LogP contribution in [0.25, 0.3) is 0 Å². The van der Waals surface area contributed by atoms with Crippen molar-refractivity contribution in [2.24, 2.45) is 5.92 Å². The topological polar surface area (TPSA) is 75.3 Å².